The van der Waals surface area contributed by atoms with Gasteiger partial charge in [0.25, 0.3) is 5.91 Å². The first-order valence-corrected chi connectivity index (χ1v) is 8.31. The molecule has 2 rings (SSSR count). The molecular weight excluding hydrogens is 318 g/mol. The molecule has 2 aromatic carbocycles. The van der Waals surface area contributed by atoms with E-state index < -0.39 is 24.5 Å². The maximum absolute atomic E-state index is 12.7. The summed E-state index contributed by atoms with van der Waals surface area (Å²) < 4.78 is 5.01. The monoisotopic (exact) mass is 341 g/mol. The van der Waals surface area contributed by atoms with Crippen LogP contribution in [0.3, 0.4) is 0 Å². The lowest BCUT2D eigenvalue weighted by atomic mass is 9.94. The van der Waals surface area contributed by atoms with Gasteiger partial charge in [0, 0.05) is 5.56 Å². The highest BCUT2D eigenvalue weighted by Crippen LogP contribution is 2.27. The predicted molar refractivity (Wildman–Crippen MR) is 96.2 cm³/mol. The van der Waals surface area contributed by atoms with Crippen molar-refractivity contribution in [3.05, 3.63) is 59.7 Å². The molecule has 2 N–H and O–H groups in total. The van der Waals surface area contributed by atoms with Gasteiger partial charge in [-0.3, -0.25) is 4.79 Å². The van der Waals surface area contributed by atoms with E-state index in [4.69, 9.17) is 4.74 Å². The number of aliphatic hydroxyl groups is 1. The van der Waals surface area contributed by atoms with Crippen LogP contribution in [-0.4, -0.2) is 36.2 Å². The van der Waals surface area contributed by atoms with Gasteiger partial charge in [-0.05, 0) is 36.1 Å². The van der Waals surface area contributed by atoms with Crippen LogP contribution < -0.4 is 5.32 Å². The molecule has 1 atom stereocenters. The van der Waals surface area contributed by atoms with Crippen molar-refractivity contribution in [1.82, 2.24) is 5.32 Å². The third-order valence-corrected chi connectivity index (χ3v) is 3.80. The number of nitrogens with one attached hydrogen (secondary N) is 1. The minimum absolute atomic E-state index is 0.255. The number of carbonyl (C=O) groups excluding carboxylic acids is 2. The number of esters is 1. The molecule has 5 nitrogen and oxygen atoms in total. The zero-order valence-electron chi connectivity index (χ0n) is 14.5. The zero-order chi connectivity index (χ0) is 18.2. The van der Waals surface area contributed by atoms with Crippen molar-refractivity contribution < 1.29 is 19.4 Å². The van der Waals surface area contributed by atoms with Crippen LogP contribution in [0.2, 0.25) is 0 Å². The maximum Gasteiger partial charge on any atom is 0.331 e. The van der Waals surface area contributed by atoms with Crippen molar-refractivity contribution >= 4 is 11.9 Å². The van der Waals surface area contributed by atoms with E-state index in [0.29, 0.717) is 12.0 Å². The minimum Gasteiger partial charge on any atom is -0.464 e. The Balaban J connectivity index is 2.28. The summed E-state index contributed by atoms with van der Waals surface area (Å²) in [6.45, 7) is 3.54. The predicted octanol–water partition coefficient (Wildman–Crippen LogP) is 2.71. The lowest BCUT2D eigenvalue weighted by Gasteiger charge is -2.17. The summed E-state index contributed by atoms with van der Waals surface area (Å²) in [6, 6.07) is 13.9. The zero-order valence-corrected chi connectivity index (χ0v) is 14.5. The van der Waals surface area contributed by atoms with E-state index >= 15 is 0 Å². The third kappa shape index (κ3) is 4.67. The quantitative estimate of drug-likeness (QED) is 0.759. The molecule has 0 aliphatic rings. The molecule has 0 fully saturated rings. The van der Waals surface area contributed by atoms with Gasteiger partial charge in [-0.25, -0.2) is 4.79 Å². The number of carbonyl (C=O) groups is 2. The largest absolute Gasteiger partial charge is 0.464 e. The first-order valence-electron chi connectivity index (χ1n) is 8.31. The summed E-state index contributed by atoms with van der Waals surface area (Å²) in [5, 5.41) is 12.0. The van der Waals surface area contributed by atoms with Crippen LogP contribution in [0.25, 0.3) is 11.1 Å². The van der Waals surface area contributed by atoms with Gasteiger partial charge in [-0.15, -0.1) is 0 Å². The number of aliphatic hydroxyl groups excluding tert-OH is 1. The van der Waals surface area contributed by atoms with E-state index in [1.165, 1.54) is 0 Å². The average molecular weight is 341 g/mol. The Labute approximate surface area is 147 Å². The number of hydrogen-bond acceptors (Lipinski definition) is 4. The third-order valence-electron chi connectivity index (χ3n) is 3.80. The van der Waals surface area contributed by atoms with E-state index in [2.05, 4.69) is 5.32 Å². The molecule has 1 amide bonds. The highest BCUT2D eigenvalue weighted by Gasteiger charge is 2.23. The lowest BCUT2D eigenvalue weighted by molar-refractivity contribution is -0.146. The Bertz CT molecular complexity index is 728. The summed E-state index contributed by atoms with van der Waals surface area (Å²) in [5.41, 5.74) is 3.12. The Morgan fingerprint density at radius 3 is 2.48 bits per heavy atom. The molecule has 0 aromatic heterocycles. The van der Waals surface area contributed by atoms with Gasteiger partial charge in [0.05, 0.1) is 13.2 Å². The molecule has 132 valence electrons. The smallest absolute Gasteiger partial charge is 0.331 e. The van der Waals surface area contributed by atoms with E-state index in [-0.39, 0.29) is 6.61 Å². The van der Waals surface area contributed by atoms with Crippen molar-refractivity contribution in [3.8, 4) is 11.1 Å². The Kier molecular flexibility index (Phi) is 6.71. The molecule has 0 aliphatic heterocycles. The molecule has 0 bridgehead atoms. The molecule has 0 unspecified atom stereocenters. The minimum atomic E-state index is -1.08. The second-order valence-corrected chi connectivity index (χ2v) is 5.74. The molecule has 0 heterocycles. The van der Waals surface area contributed by atoms with Crippen molar-refractivity contribution in [1.29, 1.82) is 0 Å². The molecule has 0 saturated carbocycles. The van der Waals surface area contributed by atoms with Gasteiger partial charge in [0.15, 0.2) is 6.04 Å². The highest BCUT2D eigenvalue weighted by molar-refractivity contribution is 6.03. The fourth-order valence-corrected chi connectivity index (χ4v) is 2.56. The average Bonchev–Trinajstić information content (AvgIpc) is 2.64. The first kappa shape index (κ1) is 18.7. The number of ether oxygens (including phenoxy) is 1. The SMILES string of the molecule is CCCOC(=O)[C@H](CO)NC(=O)c1cccc(C)c1-c1ccccc1. The summed E-state index contributed by atoms with van der Waals surface area (Å²) in [5.74, 6) is -1.05. The number of rotatable bonds is 7. The summed E-state index contributed by atoms with van der Waals surface area (Å²) in [6.07, 6.45) is 0.674. The van der Waals surface area contributed by atoms with Gasteiger partial charge in [0.1, 0.15) is 0 Å². The van der Waals surface area contributed by atoms with Crippen LogP contribution in [-0.2, 0) is 9.53 Å². The van der Waals surface area contributed by atoms with Crippen molar-refractivity contribution in [2.45, 2.75) is 26.3 Å². The van der Waals surface area contributed by atoms with E-state index in [1.54, 1.807) is 12.1 Å². The van der Waals surface area contributed by atoms with Gasteiger partial charge < -0.3 is 15.2 Å². The first-order chi connectivity index (χ1) is 12.1. The van der Waals surface area contributed by atoms with E-state index in [1.807, 2.05) is 50.2 Å². The molecule has 25 heavy (non-hydrogen) atoms. The van der Waals surface area contributed by atoms with Crippen molar-refractivity contribution in [3.63, 3.8) is 0 Å². The van der Waals surface area contributed by atoms with Crippen LogP contribution >= 0.6 is 0 Å². The van der Waals surface area contributed by atoms with Gasteiger partial charge >= 0.3 is 5.97 Å². The molecule has 5 heteroatoms. The number of aryl methyl sites for hydroxylation is 1. The summed E-state index contributed by atoms with van der Waals surface area (Å²) in [4.78, 5) is 24.6. The van der Waals surface area contributed by atoms with Crippen LogP contribution in [0.1, 0.15) is 29.3 Å². The van der Waals surface area contributed by atoms with Crippen molar-refractivity contribution in [2.24, 2.45) is 0 Å². The standard InChI is InChI=1S/C20H23NO4/c1-3-12-25-20(24)17(13-22)21-19(23)16-11-7-8-14(2)18(16)15-9-5-4-6-10-15/h4-11,17,22H,3,12-13H2,1-2H3,(H,21,23)/t17-/m0/s1. The van der Waals surface area contributed by atoms with Crippen LogP contribution in [0.15, 0.2) is 48.5 Å². The van der Waals surface area contributed by atoms with Crippen LogP contribution in [0.4, 0.5) is 0 Å². The molecular formula is C20H23NO4. The maximum atomic E-state index is 12.7. The topological polar surface area (TPSA) is 75.6 Å². The number of benzene rings is 2. The molecule has 0 radical (unpaired) electrons. The van der Waals surface area contributed by atoms with E-state index in [0.717, 1.165) is 16.7 Å². The lowest BCUT2D eigenvalue weighted by Crippen LogP contribution is -2.44. The molecule has 0 aliphatic carbocycles. The normalized spacial score (nSPS) is 11.6. The Morgan fingerprint density at radius 2 is 1.84 bits per heavy atom. The van der Waals surface area contributed by atoms with E-state index in [9.17, 15) is 14.7 Å². The second-order valence-electron chi connectivity index (χ2n) is 5.74. The molecule has 0 spiro atoms. The van der Waals surface area contributed by atoms with Gasteiger partial charge in [-0.1, -0.05) is 49.4 Å². The highest BCUT2D eigenvalue weighted by atomic mass is 16.5. The van der Waals surface area contributed by atoms with Crippen LogP contribution in [0, 0.1) is 6.92 Å². The fourth-order valence-electron chi connectivity index (χ4n) is 2.56. The Morgan fingerprint density at radius 1 is 1.12 bits per heavy atom. The number of hydrogen-bond donors (Lipinski definition) is 2. The van der Waals surface area contributed by atoms with Crippen LogP contribution in [0.5, 0.6) is 0 Å². The van der Waals surface area contributed by atoms with Crippen molar-refractivity contribution in [2.75, 3.05) is 13.2 Å². The molecule has 0 saturated heterocycles. The summed E-state index contributed by atoms with van der Waals surface area (Å²) >= 11 is 0. The number of amides is 1. The van der Waals surface area contributed by atoms with Gasteiger partial charge in [-0.2, -0.15) is 0 Å². The Hall–Kier alpha value is -2.66. The fraction of sp³-hybridized carbons (Fsp3) is 0.300. The summed E-state index contributed by atoms with van der Waals surface area (Å²) in [7, 11) is 0. The molecule has 2 aromatic rings. The van der Waals surface area contributed by atoms with Gasteiger partial charge in [0.2, 0.25) is 0 Å². The second kappa shape index (κ2) is 8.99.